The van der Waals surface area contributed by atoms with Crippen LogP contribution in [0.25, 0.3) is 22.0 Å². The molecule has 5 rings (SSSR count). The van der Waals surface area contributed by atoms with Gasteiger partial charge in [0.1, 0.15) is 5.82 Å². The molecule has 0 spiro atoms. The minimum Gasteiger partial charge on any atom is -0.347 e. The van der Waals surface area contributed by atoms with Crippen molar-refractivity contribution in [2.45, 2.75) is 26.2 Å². The van der Waals surface area contributed by atoms with Crippen LogP contribution in [-0.4, -0.2) is 46.5 Å². The maximum Gasteiger partial charge on any atom is 0.226 e. The molecule has 0 bridgehead atoms. The zero-order valence-corrected chi connectivity index (χ0v) is 17.9. The van der Waals surface area contributed by atoms with E-state index in [1.54, 1.807) is 13.1 Å². The zero-order chi connectivity index (χ0) is 21.8. The zero-order valence-electron chi connectivity index (χ0n) is 17.9. The van der Waals surface area contributed by atoms with E-state index in [1.807, 2.05) is 42.9 Å². The molecule has 2 aliphatic heterocycles. The SMILES string of the molecule is Cc1ncc(-c2ccc3cnc(C(NC(=O)C4CNC4)C4(C)COC4F)cc3c2)n1C. The van der Waals surface area contributed by atoms with E-state index in [4.69, 9.17) is 4.74 Å². The molecule has 8 heteroatoms. The van der Waals surface area contributed by atoms with Crippen LogP contribution in [0.15, 0.2) is 36.7 Å². The molecular weight excluding hydrogens is 397 g/mol. The molecule has 1 amide bonds. The Morgan fingerprint density at radius 1 is 1.29 bits per heavy atom. The number of rotatable bonds is 5. The maximum absolute atomic E-state index is 14.5. The highest BCUT2D eigenvalue weighted by atomic mass is 19.1. The second kappa shape index (κ2) is 7.39. The van der Waals surface area contributed by atoms with E-state index in [0.717, 1.165) is 27.9 Å². The molecule has 3 atom stereocenters. The minimum atomic E-state index is -1.45. The third-order valence-corrected chi connectivity index (χ3v) is 6.71. The van der Waals surface area contributed by atoms with Crippen molar-refractivity contribution in [3.8, 4) is 11.3 Å². The predicted molar refractivity (Wildman–Crippen MR) is 115 cm³/mol. The molecule has 162 valence electrons. The van der Waals surface area contributed by atoms with Gasteiger partial charge in [-0.25, -0.2) is 9.37 Å². The average molecular weight is 423 g/mol. The Hall–Kier alpha value is -2.84. The molecule has 0 saturated carbocycles. The van der Waals surface area contributed by atoms with Crippen molar-refractivity contribution in [3.05, 3.63) is 48.2 Å². The van der Waals surface area contributed by atoms with Crippen molar-refractivity contribution in [1.29, 1.82) is 0 Å². The van der Waals surface area contributed by atoms with Gasteiger partial charge in [0.25, 0.3) is 0 Å². The van der Waals surface area contributed by atoms with Crippen molar-refractivity contribution < 1.29 is 13.9 Å². The lowest BCUT2D eigenvalue weighted by Gasteiger charge is -2.47. The van der Waals surface area contributed by atoms with E-state index in [2.05, 4.69) is 26.7 Å². The number of carbonyl (C=O) groups is 1. The fourth-order valence-electron chi connectivity index (χ4n) is 4.18. The Kier molecular flexibility index (Phi) is 4.79. The minimum absolute atomic E-state index is 0.0786. The number of hydrogen-bond donors (Lipinski definition) is 2. The number of nitrogens with one attached hydrogen (secondary N) is 2. The Morgan fingerprint density at radius 2 is 2.10 bits per heavy atom. The molecule has 0 aliphatic carbocycles. The first-order chi connectivity index (χ1) is 14.9. The molecule has 3 unspecified atom stereocenters. The Balaban J connectivity index is 1.53. The van der Waals surface area contributed by atoms with Crippen molar-refractivity contribution in [1.82, 2.24) is 25.2 Å². The van der Waals surface area contributed by atoms with Gasteiger partial charge >= 0.3 is 0 Å². The molecule has 7 nitrogen and oxygen atoms in total. The third-order valence-electron chi connectivity index (χ3n) is 6.71. The predicted octanol–water partition coefficient (Wildman–Crippen LogP) is 2.65. The van der Waals surface area contributed by atoms with Crippen LogP contribution in [0.3, 0.4) is 0 Å². The van der Waals surface area contributed by atoms with Crippen LogP contribution < -0.4 is 10.6 Å². The van der Waals surface area contributed by atoms with Crippen LogP contribution in [0, 0.1) is 18.3 Å². The number of nitrogens with zero attached hydrogens (tertiary/aromatic N) is 3. The first kappa shape index (κ1) is 20.1. The van der Waals surface area contributed by atoms with Gasteiger partial charge in [0.05, 0.1) is 41.6 Å². The van der Waals surface area contributed by atoms with Crippen LogP contribution in [0.1, 0.15) is 24.5 Å². The van der Waals surface area contributed by atoms with Gasteiger partial charge in [0, 0.05) is 37.3 Å². The quantitative estimate of drug-likeness (QED) is 0.660. The molecule has 4 heterocycles. The van der Waals surface area contributed by atoms with Gasteiger partial charge in [-0.05, 0) is 31.4 Å². The molecule has 1 aromatic carbocycles. The number of fused-ring (bicyclic) bond motifs is 1. The molecule has 3 aromatic rings. The molecule has 2 aromatic heterocycles. The number of pyridine rings is 1. The number of hydrogen-bond acceptors (Lipinski definition) is 5. The maximum atomic E-state index is 14.5. The fourth-order valence-corrected chi connectivity index (χ4v) is 4.18. The van der Waals surface area contributed by atoms with E-state index >= 15 is 0 Å². The number of aryl methyl sites for hydroxylation is 1. The number of imidazole rings is 1. The van der Waals surface area contributed by atoms with E-state index in [1.165, 1.54) is 0 Å². The largest absolute Gasteiger partial charge is 0.347 e. The fraction of sp³-hybridized carbons (Fsp3) is 0.435. The summed E-state index contributed by atoms with van der Waals surface area (Å²) in [7, 11) is 1.99. The normalized spacial score (nSPS) is 24.5. The molecule has 2 aliphatic rings. The van der Waals surface area contributed by atoms with Gasteiger partial charge in [0.15, 0.2) is 0 Å². The molecular formula is C23H26FN5O2. The summed E-state index contributed by atoms with van der Waals surface area (Å²) in [5.74, 6) is 0.765. The summed E-state index contributed by atoms with van der Waals surface area (Å²) in [5.41, 5.74) is 1.84. The Bertz CT molecular complexity index is 1160. The highest BCUT2D eigenvalue weighted by Gasteiger charge is 2.53. The monoisotopic (exact) mass is 423 g/mol. The number of benzene rings is 1. The van der Waals surface area contributed by atoms with Crippen molar-refractivity contribution >= 4 is 16.7 Å². The van der Waals surface area contributed by atoms with E-state index < -0.39 is 17.8 Å². The summed E-state index contributed by atoms with van der Waals surface area (Å²) in [4.78, 5) is 21.7. The number of carbonyl (C=O) groups excluding carboxylic acids is 1. The van der Waals surface area contributed by atoms with Gasteiger partial charge in [0.2, 0.25) is 12.3 Å². The highest BCUT2D eigenvalue weighted by molar-refractivity contribution is 5.87. The first-order valence-corrected chi connectivity index (χ1v) is 10.5. The van der Waals surface area contributed by atoms with Gasteiger partial charge in [-0.15, -0.1) is 0 Å². The number of ether oxygens (including phenoxy) is 1. The summed E-state index contributed by atoms with van der Waals surface area (Å²) >= 11 is 0. The summed E-state index contributed by atoms with van der Waals surface area (Å²) in [6, 6.07) is 7.52. The van der Waals surface area contributed by atoms with Gasteiger partial charge in [-0.1, -0.05) is 12.1 Å². The number of amides is 1. The van der Waals surface area contributed by atoms with Crippen LogP contribution in [0.4, 0.5) is 4.39 Å². The highest BCUT2D eigenvalue weighted by Crippen LogP contribution is 2.46. The Morgan fingerprint density at radius 3 is 2.68 bits per heavy atom. The molecule has 31 heavy (non-hydrogen) atoms. The second-order valence-electron chi connectivity index (χ2n) is 8.85. The summed E-state index contributed by atoms with van der Waals surface area (Å²) in [6.45, 7) is 5.28. The second-order valence-corrected chi connectivity index (χ2v) is 8.85. The van der Waals surface area contributed by atoms with Crippen LogP contribution in [0.5, 0.6) is 0 Å². The smallest absolute Gasteiger partial charge is 0.226 e. The van der Waals surface area contributed by atoms with Gasteiger partial charge in [-0.2, -0.15) is 0 Å². The Labute approximate surface area is 180 Å². The van der Waals surface area contributed by atoms with E-state index in [0.29, 0.717) is 18.8 Å². The van der Waals surface area contributed by atoms with Crippen LogP contribution in [0.2, 0.25) is 0 Å². The van der Waals surface area contributed by atoms with Gasteiger partial charge < -0.3 is 19.9 Å². The molecule has 0 radical (unpaired) electrons. The number of halogens is 1. The number of alkyl halides is 1. The van der Waals surface area contributed by atoms with E-state index in [9.17, 15) is 9.18 Å². The number of aromatic nitrogens is 3. The van der Waals surface area contributed by atoms with Crippen molar-refractivity contribution in [3.63, 3.8) is 0 Å². The van der Waals surface area contributed by atoms with Crippen LogP contribution in [-0.2, 0) is 16.6 Å². The van der Waals surface area contributed by atoms with Gasteiger partial charge in [-0.3, -0.25) is 9.78 Å². The first-order valence-electron chi connectivity index (χ1n) is 10.5. The standard InChI is InChI=1S/C23H26FN5O2/c1-13-26-11-19(29(13)3)14-4-5-15-10-27-18(7-16(15)6-14)20(23(2)12-31-22(23)24)28-21(30)17-8-25-9-17/h4-7,10-11,17,20,22,25H,8-9,12H2,1-3H3,(H,28,30). The summed E-state index contributed by atoms with van der Waals surface area (Å²) < 4.78 is 21.6. The van der Waals surface area contributed by atoms with E-state index in [-0.39, 0.29) is 18.4 Å². The molecule has 2 fully saturated rings. The molecule has 2 N–H and O–H groups in total. The van der Waals surface area contributed by atoms with Crippen LogP contribution >= 0.6 is 0 Å². The molecule has 2 saturated heterocycles. The summed E-state index contributed by atoms with van der Waals surface area (Å²) in [5, 5.41) is 8.11. The average Bonchev–Trinajstić information content (AvgIpc) is 3.06. The lowest BCUT2D eigenvalue weighted by Crippen LogP contribution is -2.58. The lowest BCUT2D eigenvalue weighted by molar-refractivity contribution is -0.255. The van der Waals surface area contributed by atoms with Crippen molar-refractivity contribution in [2.75, 3.05) is 19.7 Å². The third kappa shape index (κ3) is 3.30. The topological polar surface area (TPSA) is 81.1 Å². The summed E-state index contributed by atoms with van der Waals surface area (Å²) in [6.07, 6.45) is 2.19. The van der Waals surface area contributed by atoms with Crippen molar-refractivity contribution in [2.24, 2.45) is 18.4 Å². The lowest BCUT2D eigenvalue weighted by atomic mass is 9.77.